The number of halogens is 1. The fraction of sp³-hybridized carbons (Fsp3) is 0.100. The second kappa shape index (κ2) is 9.04. The highest BCUT2D eigenvalue weighted by molar-refractivity contribution is 7.13. The molecule has 1 N–H and O–H groups in total. The van der Waals surface area contributed by atoms with Crippen LogP contribution >= 0.6 is 22.9 Å². The van der Waals surface area contributed by atoms with Crippen LogP contribution in [0.1, 0.15) is 10.5 Å². The number of benzene rings is 2. The summed E-state index contributed by atoms with van der Waals surface area (Å²) in [5.41, 5.74) is 1.39. The maximum atomic E-state index is 12.1. The van der Waals surface area contributed by atoms with E-state index in [0.717, 1.165) is 10.6 Å². The lowest BCUT2D eigenvalue weighted by atomic mass is 10.2. The van der Waals surface area contributed by atoms with Gasteiger partial charge in [0.15, 0.2) is 0 Å². The van der Waals surface area contributed by atoms with Crippen LogP contribution in [0.3, 0.4) is 0 Å². The highest BCUT2D eigenvalue weighted by atomic mass is 35.5. The number of rotatable bonds is 5. The Labute approximate surface area is 160 Å². The van der Waals surface area contributed by atoms with E-state index in [-0.39, 0.29) is 19.1 Å². The molecule has 0 unspecified atom stereocenters. The van der Waals surface area contributed by atoms with Gasteiger partial charge in [-0.25, -0.2) is 4.98 Å². The molecule has 0 saturated carbocycles. The molecule has 0 spiro atoms. The van der Waals surface area contributed by atoms with E-state index in [9.17, 15) is 4.79 Å². The summed E-state index contributed by atoms with van der Waals surface area (Å²) < 4.78 is 5.45. The van der Waals surface area contributed by atoms with Crippen molar-refractivity contribution in [2.45, 2.75) is 0 Å². The molecular formula is C20H15ClN2O2S. The van der Waals surface area contributed by atoms with Gasteiger partial charge in [-0.15, -0.1) is 11.3 Å². The number of amides is 1. The van der Waals surface area contributed by atoms with E-state index in [2.05, 4.69) is 22.1 Å². The van der Waals surface area contributed by atoms with Crippen LogP contribution in [0.5, 0.6) is 5.75 Å². The van der Waals surface area contributed by atoms with Gasteiger partial charge in [0.1, 0.15) is 23.1 Å². The lowest BCUT2D eigenvalue weighted by molar-refractivity contribution is 0.0954. The highest BCUT2D eigenvalue weighted by Crippen LogP contribution is 2.23. The first kappa shape index (κ1) is 18.0. The summed E-state index contributed by atoms with van der Waals surface area (Å²) in [4.78, 5) is 16.5. The van der Waals surface area contributed by atoms with Crippen LogP contribution in [0, 0.1) is 11.8 Å². The molecule has 0 fully saturated rings. The van der Waals surface area contributed by atoms with Gasteiger partial charge in [0.2, 0.25) is 0 Å². The van der Waals surface area contributed by atoms with Crippen molar-refractivity contribution >= 4 is 28.8 Å². The van der Waals surface area contributed by atoms with Gasteiger partial charge in [0.25, 0.3) is 5.91 Å². The van der Waals surface area contributed by atoms with E-state index in [1.165, 1.54) is 11.3 Å². The minimum atomic E-state index is -0.246. The van der Waals surface area contributed by atoms with E-state index in [1.54, 1.807) is 17.5 Å². The monoisotopic (exact) mass is 382 g/mol. The second-order valence-electron chi connectivity index (χ2n) is 5.16. The molecule has 1 heterocycles. The van der Waals surface area contributed by atoms with Gasteiger partial charge in [0, 0.05) is 10.9 Å². The molecule has 1 amide bonds. The number of para-hydroxylation sites is 1. The van der Waals surface area contributed by atoms with E-state index in [0.29, 0.717) is 16.5 Å². The first-order valence-corrected chi connectivity index (χ1v) is 9.12. The number of ether oxygens (including phenoxy) is 1. The normalized spacial score (nSPS) is 9.88. The number of nitrogens with one attached hydrogen (secondary N) is 1. The zero-order chi connectivity index (χ0) is 18.2. The summed E-state index contributed by atoms with van der Waals surface area (Å²) in [7, 11) is 0. The summed E-state index contributed by atoms with van der Waals surface area (Å²) in [6.07, 6.45) is 0. The molecule has 0 bridgehead atoms. The molecule has 0 saturated heterocycles. The quantitative estimate of drug-likeness (QED) is 0.670. The molecule has 0 aliphatic rings. The van der Waals surface area contributed by atoms with Crippen molar-refractivity contribution < 1.29 is 9.53 Å². The fourth-order valence-electron chi connectivity index (χ4n) is 2.10. The van der Waals surface area contributed by atoms with Gasteiger partial charge in [-0.3, -0.25) is 4.79 Å². The summed E-state index contributed by atoms with van der Waals surface area (Å²) in [5.74, 6) is 6.02. The molecule has 0 aliphatic heterocycles. The molecule has 0 radical (unpaired) electrons. The van der Waals surface area contributed by atoms with Crippen molar-refractivity contribution in [3.63, 3.8) is 0 Å². The van der Waals surface area contributed by atoms with Gasteiger partial charge in [-0.05, 0) is 12.1 Å². The molecule has 0 aliphatic carbocycles. The first-order valence-electron chi connectivity index (χ1n) is 7.86. The van der Waals surface area contributed by atoms with Gasteiger partial charge in [-0.1, -0.05) is 65.9 Å². The van der Waals surface area contributed by atoms with E-state index >= 15 is 0 Å². The van der Waals surface area contributed by atoms with Crippen molar-refractivity contribution in [3.05, 3.63) is 70.7 Å². The summed E-state index contributed by atoms with van der Waals surface area (Å²) >= 11 is 7.42. The Balaban J connectivity index is 1.46. The number of hydrogen-bond acceptors (Lipinski definition) is 4. The van der Waals surface area contributed by atoms with E-state index in [4.69, 9.17) is 16.3 Å². The van der Waals surface area contributed by atoms with Crippen LogP contribution in [0.2, 0.25) is 5.02 Å². The Morgan fingerprint density at radius 3 is 2.69 bits per heavy atom. The fourth-order valence-corrected chi connectivity index (χ4v) is 3.09. The van der Waals surface area contributed by atoms with Crippen LogP contribution in [0.25, 0.3) is 10.6 Å². The molecule has 4 nitrogen and oxygen atoms in total. The molecule has 3 rings (SSSR count). The van der Waals surface area contributed by atoms with Gasteiger partial charge < -0.3 is 10.1 Å². The molecule has 6 heteroatoms. The molecular weight excluding hydrogens is 368 g/mol. The average Bonchev–Trinajstić information content (AvgIpc) is 3.17. The third-order valence-corrected chi connectivity index (χ3v) is 4.56. The predicted molar refractivity (Wildman–Crippen MR) is 105 cm³/mol. The lowest BCUT2D eigenvalue weighted by Gasteiger charge is -2.03. The number of carbonyl (C=O) groups is 1. The highest BCUT2D eigenvalue weighted by Gasteiger charge is 2.10. The molecule has 2 aromatic carbocycles. The van der Waals surface area contributed by atoms with Crippen molar-refractivity contribution in [3.8, 4) is 28.2 Å². The standard InChI is InChI=1S/C20H15ClN2O2S/c21-16-10-4-5-11-18(16)25-13-7-6-12-22-19(24)17-14-26-20(23-17)15-8-2-1-3-9-15/h1-5,8-11,14H,12-13H2,(H,22,24). The third kappa shape index (κ3) is 4.85. The smallest absolute Gasteiger partial charge is 0.271 e. The number of carbonyl (C=O) groups excluding carboxylic acids is 1. The first-order chi connectivity index (χ1) is 12.7. The van der Waals surface area contributed by atoms with Gasteiger partial charge >= 0.3 is 0 Å². The Bertz CT molecular complexity index is 945. The molecule has 3 aromatic rings. The summed E-state index contributed by atoms with van der Waals surface area (Å²) in [6, 6.07) is 17.0. The Morgan fingerprint density at radius 2 is 1.88 bits per heavy atom. The average molecular weight is 383 g/mol. The largest absolute Gasteiger partial charge is 0.479 e. The topological polar surface area (TPSA) is 51.2 Å². The Morgan fingerprint density at radius 1 is 1.12 bits per heavy atom. The van der Waals surface area contributed by atoms with Gasteiger partial charge in [-0.2, -0.15) is 0 Å². The number of hydrogen-bond donors (Lipinski definition) is 1. The van der Waals surface area contributed by atoms with Crippen LogP contribution < -0.4 is 10.1 Å². The van der Waals surface area contributed by atoms with Crippen LogP contribution in [-0.2, 0) is 0 Å². The molecule has 1 aromatic heterocycles. The van der Waals surface area contributed by atoms with Crippen molar-refractivity contribution in [2.75, 3.05) is 13.2 Å². The van der Waals surface area contributed by atoms with E-state index in [1.807, 2.05) is 42.5 Å². The Hall–Kier alpha value is -2.81. The van der Waals surface area contributed by atoms with Crippen molar-refractivity contribution in [2.24, 2.45) is 0 Å². The van der Waals surface area contributed by atoms with Crippen LogP contribution in [0.4, 0.5) is 0 Å². The SMILES string of the molecule is O=C(NCC#CCOc1ccccc1Cl)c1csc(-c2ccccc2)n1. The van der Waals surface area contributed by atoms with Gasteiger partial charge in [0.05, 0.1) is 11.6 Å². The third-order valence-electron chi connectivity index (χ3n) is 3.36. The lowest BCUT2D eigenvalue weighted by Crippen LogP contribution is -2.23. The minimum Gasteiger partial charge on any atom is -0.479 e. The molecule has 130 valence electrons. The minimum absolute atomic E-state index is 0.203. The predicted octanol–water partition coefficient (Wildman–Crippen LogP) is 4.28. The molecule has 0 atom stereocenters. The number of thiazole rings is 1. The maximum Gasteiger partial charge on any atom is 0.271 e. The van der Waals surface area contributed by atoms with Crippen LogP contribution in [-0.4, -0.2) is 24.0 Å². The number of aromatic nitrogens is 1. The molecule has 26 heavy (non-hydrogen) atoms. The second-order valence-corrected chi connectivity index (χ2v) is 6.42. The summed E-state index contributed by atoms with van der Waals surface area (Å²) in [5, 5.41) is 5.82. The zero-order valence-electron chi connectivity index (χ0n) is 13.7. The summed E-state index contributed by atoms with van der Waals surface area (Å²) in [6.45, 7) is 0.428. The Kier molecular flexibility index (Phi) is 6.26. The van der Waals surface area contributed by atoms with Crippen LogP contribution in [0.15, 0.2) is 60.0 Å². The zero-order valence-corrected chi connectivity index (χ0v) is 15.3. The maximum absolute atomic E-state index is 12.1. The number of nitrogens with zero attached hydrogens (tertiary/aromatic N) is 1. The van der Waals surface area contributed by atoms with Crippen molar-refractivity contribution in [1.82, 2.24) is 10.3 Å². The van der Waals surface area contributed by atoms with Crippen molar-refractivity contribution in [1.29, 1.82) is 0 Å². The van der Waals surface area contributed by atoms with E-state index < -0.39 is 0 Å².